The van der Waals surface area contributed by atoms with Gasteiger partial charge in [0.1, 0.15) is 5.60 Å². The highest BCUT2D eigenvalue weighted by atomic mass is 16.4. The van der Waals surface area contributed by atoms with E-state index in [0.29, 0.717) is 42.4 Å². The molecule has 0 saturated heterocycles. The number of hydrogen-bond acceptors (Lipinski definition) is 4. The van der Waals surface area contributed by atoms with Crippen molar-refractivity contribution in [3.63, 3.8) is 0 Å². The Kier molecular flexibility index (Phi) is 6.45. The monoisotopic (exact) mass is 448 g/mol. The van der Waals surface area contributed by atoms with E-state index in [2.05, 4.69) is 34.3 Å². The summed E-state index contributed by atoms with van der Waals surface area (Å²) in [4.78, 5) is 0. The fourth-order valence-corrected chi connectivity index (χ4v) is 9.27. The summed E-state index contributed by atoms with van der Waals surface area (Å²) in [6, 6.07) is 0. The van der Waals surface area contributed by atoms with E-state index in [0.717, 1.165) is 12.8 Å². The summed E-state index contributed by atoms with van der Waals surface area (Å²) in [5.41, 5.74) is -0.599. The first-order chi connectivity index (χ1) is 14.9. The van der Waals surface area contributed by atoms with Crippen molar-refractivity contribution in [2.24, 2.45) is 46.3 Å². The van der Waals surface area contributed by atoms with Crippen LogP contribution >= 0.6 is 0 Å². The zero-order valence-electron chi connectivity index (χ0n) is 21.1. The minimum atomic E-state index is -1.40. The van der Waals surface area contributed by atoms with E-state index in [-0.39, 0.29) is 17.8 Å². The molecule has 4 heteroatoms. The average Bonchev–Trinajstić information content (AvgIpc) is 3.06. The Bertz CT molecular complexity index is 722. The normalized spacial score (nSPS) is 52.5. The van der Waals surface area contributed by atoms with Gasteiger partial charge in [0.25, 0.3) is 0 Å². The van der Waals surface area contributed by atoms with Crippen molar-refractivity contribution < 1.29 is 20.4 Å². The molecule has 4 fully saturated rings. The lowest BCUT2D eigenvalue weighted by Crippen LogP contribution is -2.72. The lowest BCUT2D eigenvalue weighted by molar-refractivity contribution is -0.294. The summed E-state index contributed by atoms with van der Waals surface area (Å²) in [7, 11) is 0. The summed E-state index contributed by atoms with van der Waals surface area (Å²) in [5.74, 6) is 3.05. The molecular formula is C28H48O4. The number of aliphatic hydroxyl groups is 4. The molecule has 0 aromatic heterocycles. The molecule has 4 rings (SSSR count). The van der Waals surface area contributed by atoms with Crippen molar-refractivity contribution in [1.29, 1.82) is 0 Å². The third kappa shape index (κ3) is 3.46. The molecule has 4 aliphatic rings. The fraction of sp³-hybridized carbons (Fsp3) is 0.929. The second-order valence-corrected chi connectivity index (χ2v) is 13.0. The topological polar surface area (TPSA) is 80.9 Å². The summed E-state index contributed by atoms with van der Waals surface area (Å²) in [6.07, 6.45) is 5.72. The van der Waals surface area contributed by atoms with Gasteiger partial charge in [-0.05, 0) is 99.2 Å². The molecule has 32 heavy (non-hydrogen) atoms. The fourth-order valence-electron chi connectivity index (χ4n) is 9.27. The average molecular weight is 449 g/mol. The molecule has 12 atom stereocenters. The van der Waals surface area contributed by atoms with E-state index in [1.165, 1.54) is 31.3 Å². The highest BCUT2D eigenvalue weighted by molar-refractivity contribution is 5.19. The standard InChI is InChI=1S/C28H48O4/c1-16(2)17(3)7-8-18(4)21-9-10-22-20-14-25(31)28(32)15-19(29)13-24(30)27(28,6)23(20)11-12-26(21,22)5/h17-25,29-32H,1,7-15H2,2-6H3. The van der Waals surface area contributed by atoms with Crippen LogP contribution in [0.4, 0.5) is 0 Å². The van der Waals surface area contributed by atoms with E-state index in [4.69, 9.17) is 0 Å². The molecule has 4 N–H and O–H groups in total. The Labute approximate surface area is 195 Å². The number of hydrogen-bond donors (Lipinski definition) is 4. The first kappa shape index (κ1) is 24.7. The molecule has 0 spiro atoms. The van der Waals surface area contributed by atoms with Gasteiger partial charge in [0, 0.05) is 11.8 Å². The predicted octanol–water partition coefficient (Wildman–Crippen LogP) is 4.69. The molecule has 0 amide bonds. The SMILES string of the molecule is C=C(C)C(C)CCC(C)C1CCC2C3CC(O)C4(O)CC(O)CC(O)C4(C)C3CCC12C. The quantitative estimate of drug-likeness (QED) is 0.460. The molecule has 12 unspecified atom stereocenters. The first-order valence-corrected chi connectivity index (χ1v) is 13.3. The van der Waals surface area contributed by atoms with Gasteiger partial charge in [-0.1, -0.05) is 39.8 Å². The van der Waals surface area contributed by atoms with E-state index in [9.17, 15) is 20.4 Å². The lowest BCUT2D eigenvalue weighted by Gasteiger charge is -2.66. The van der Waals surface area contributed by atoms with Crippen LogP contribution in [0.1, 0.15) is 92.4 Å². The van der Waals surface area contributed by atoms with E-state index in [1.54, 1.807) is 0 Å². The third-order valence-corrected chi connectivity index (χ3v) is 11.6. The molecule has 0 heterocycles. The summed E-state index contributed by atoms with van der Waals surface area (Å²) >= 11 is 0. The lowest BCUT2D eigenvalue weighted by atomic mass is 9.41. The second kappa shape index (κ2) is 8.36. The molecule has 0 aromatic rings. The van der Waals surface area contributed by atoms with Gasteiger partial charge in [-0.25, -0.2) is 0 Å². The largest absolute Gasteiger partial charge is 0.393 e. The Morgan fingerprint density at radius 3 is 2.31 bits per heavy atom. The maximum Gasteiger partial charge on any atom is 0.101 e. The van der Waals surface area contributed by atoms with Gasteiger partial charge < -0.3 is 20.4 Å². The molecule has 184 valence electrons. The Balaban J connectivity index is 1.56. The smallest absolute Gasteiger partial charge is 0.101 e. The zero-order chi connectivity index (χ0) is 23.6. The Morgan fingerprint density at radius 2 is 1.66 bits per heavy atom. The summed E-state index contributed by atoms with van der Waals surface area (Å²) in [6.45, 7) is 15.5. The maximum absolute atomic E-state index is 11.6. The van der Waals surface area contributed by atoms with Crippen LogP contribution in [-0.4, -0.2) is 44.3 Å². The van der Waals surface area contributed by atoms with Gasteiger partial charge in [-0.2, -0.15) is 0 Å². The van der Waals surface area contributed by atoms with E-state index >= 15 is 0 Å². The van der Waals surface area contributed by atoms with Crippen molar-refractivity contribution in [2.45, 2.75) is 116 Å². The summed E-state index contributed by atoms with van der Waals surface area (Å²) < 4.78 is 0. The Morgan fingerprint density at radius 1 is 0.969 bits per heavy atom. The zero-order valence-corrected chi connectivity index (χ0v) is 21.1. The minimum absolute atomic E-state index is 0.174. The maximum atomic E-state index is 11.6. The van der Waals surface area contributed by atoms with Gasteiger partial charge in [0.05, 0.1) is 18.3 Å². The van der Waals surface area contributed by atoms with Gasteiger partial charge in [0.2, 0.25) is 0 Å². The highest BCUT2D eigenvalue weighted by Gasteiger charge is 2.70. The van der Waals surface area contributed by atoms with Crippen LogP contribution in [0.3, 0.4) is 0 Å². The number of allylic oxidation sites excluding steroid dienone is 1. The van der Waals surface area contributed by atoms with Gasteiger partial charge in [0.15, 0.2) is 0 Å². The molecular weight excluding hydrogens is 400 g/mol. The molecule has 0 bridgehead atoms. The predicted molar refractivity (Wildman–Crippen MR) is 128 cm³/mol. The van der Waals surface area contributed by atoms with Crippen molar-refractivity contribution in [2.75, 3.05) is 0 Å². The molecule has 4 aliphatic carbocycles. The number of fused-ring (bicyclic) bond motifs is 5. The third-order valence-electron chi connectivity index (χ3n) is 11.6. The molecule has 0 radical (unpaired) electrons. The van der Waals surface area contributed by atoms with Crippen molar-refractivity contribution >= 4 is 0 Å². The van der Waals surface area contributed by atoms with Crippen molar-refractivity contribution in [3.8, 4) is 0 Å². The van der Waals surface area contributed by atoms with Gasteiger partial charge in [-0.3, -0.25) is 0 Å². The second-order valence-electron chi connectivity index (χ2n) is 13.0. The van der Waals surface area contributed by atoms with Gasteiger partial charge in [-0.15, -0.1) is 0 Å². The molecule has 0 aromatic carbocycles. The molecule has 0 aliphatic heterocycles. The number of rotatable bonds is 5. The highest BCUT2D eigenvalue weighted by Crippen LogP contribution is 2.69. The van der Waals surface area contributed by atoms with Crippen LogP contribution in [-0.2, 0) is 0 Å². The van der Waals surface area contributed by atoms with Crippen molar-refractivity contribution in [3.05, 3.63) is 12.2 Å². The van der Waals surface area contributed by atoms with E-state index < -0.39 is 29.3 Å². The molecule has 4 nitrogen and oxygen atoms in total. The van der Waals surface area contributed by atoms with Crippen LogP contribution < -0.4 is 0 Å². The first-order valence-electron chi connectivity index (χ1n) is 13.3. The minimum Gasteiger partial charge on any atom is -0.393 e. The van der Waals surface area contributed by atoms with Crippen LogP contribution in [0.5, 0.6) is 0 Å². The van der Waals surface area contributed by atoms with Crippen LogP contribution in [0.25, 0.3) is 0 Å². The van der Waals surface area contributed by atoms with Crippen LogP contribution in [0.15, 0.2) is 12.2 Å². The Hall–Kier alpha value is -0.420. The van der Waals surface area contributed by atoms with Gasteiger partial charge >= 0.3 is 0 Å². The van der Waals surface area contributed by atoms with Crippen molar-refractivity contribution in [1.82, 2.24) is 0 Å². The molecule has 4 saturated carbocycles. The number of aliphatic hydroxyl groups excluding tert-OH is 3. The van der Waals surface area contributed by atoms with Crippen LogP contribution in [0.2, 0.25) is 0 Å². The van der Waals surface area contributed by atoms with E-state index in [1.807, 2.05) is 6.92 Å². The summed E-state index contributed by atoms with van der Waals surface area (Å²) in [5, 5.41) is 44.2. The van der Waals surface area contributed by atoms with Crippen LogP contribution in [0, 0.1) is 46.3 Å².